The molecule has 2 N–H and O–H groups in total. The number of benzene rings is 1. The summed E-state index contributed by atoms with van der Waals surface area (Å²) in [5.74, 6) is -1.59. The van der Waals surface area contributed by atoms with Gasteiger partial charge in [-0.3, -0.25) is 0 Å². The Bertz CT molecular complexity index is 561. The highest BCUT2D eigenvalue weighted by molar-refractivity contribution is 5.94. The van der Waals surface area contributed by atoms with Gasteiger partial charge in [0.25, 0.3) is 0 Å². The first-order chi connectivity index (χ1) is 9.34. The zero-order valence-electron chi connectivity index (χ0n) is 11.4. The third-order valence-electron chi connectivity index (χ3n) is 3.71. The van der Waals surface area contributed by atoms with Crippen molar-refractivity contribution in [1.82, 2.24) is 4.90 Å². The Morgan fingerprint density at radius 3 is 2.80 bits per heavy atom. The highest BCUT2D eigenvalue weighted by atomic mass is 19.1. The average molecular weight is 280 g/mol. The number of hydrogen-bond acceptors (Lipinski definition) is 2. The maximum absolute atomic E-state index is 13.6. The molecule has 1 aromatic carbocycles. The van der Waals surface area contributed by atoms with E-state index in [9.17, 15) is 19.1 Å². The predicted octanol–water partition coefficient (Wildman–Crippen LogP) is 2.61. The van der Waals surface area contributed by atoms with Crippen LogP contribution < -0.4 is 5.32 Å². The minimum Gasteiger partial charge on any atom is -0.480 e. The van der Waals surface area contributed by atoms with Gasteiger partial charge in [-0.05, 0) is 44.4 Å². The molecule has 0 aliphatic carbocycles. The van der Waals surface area contributed by atoms with Crippen molar-refractivity contribution in [3.63, 3.8) is 0 Å². The van der Waals surface area contributed by atoms with Gasteiger partial charge in [-0.2, -0.15) is 0 Å². The van der Waals surface area contributed by atoms with E-state index in [1.807, 2.05) is 0 Å². The zero-order valence-corrected chi connectivity index (χ0v) is 11.4. The normalized spacial score (nSPS) is 21.9. The minimum absolute atomic E-state index is 0.0645. The quantitative estimate of drug-likeness (QED) is 0.874. The lowest BCUT2D eigenvalue weighted by Crippen LogP contribution is -2.52. The van der Waals surface area contributed by atoms with Crippen molar-refractivity contribution >= 4 is 17.7 Å². The highest BCUT2D eigenvalue weighted by Gasteiger charge is 2.46. The average Bonchev–Trinajstić information content (AvgIpc) is 2.77. The van der Waals surface area contributed by atoms with Crippen molar-refractivity contribution in [2.24, 2.45) is 0 Å². The summed E-state index contributed by atoms with van der Waals surface area (Å²) >= 11 is 0. The first-order valence-corrected chi connectivity index (χ1v) is 6.43. The van der Waals surface area contributed by atoms with Crippen LogP contribution in [0.1, 0.15) is 25.3 Å². The number of halogens is 1. The summed E-state index contributed by atoms with van der Waals surface area (Å²) in [4.78, 5) is 24.7. The molecule has 6 heteroatoms. The van der Waals surface area contributed by atoms with Crippen molar-refractivity contribution in [3.8, 4) is 0 Å². The Kier molecular flexibility index (Phi) is 3.65. The second-order valence-electron chi connectivity index (χ2n) is 5.25. The van der Waals surface area contributed by atoms with Gasteiger partial charge in [0.2, 0.25) is 0 Å². The smallest absolute Gasteiger partial charge is 0.329 e. The third-order valence-corrected chi connectivity index (χ3v) is 3.71. The molecule has 1 aliphatic rings. The SMILES string of the molecule is Cc1ccc(F)c(NC(=O)N2CCCC2(C)C(=O)O)c1. The van der Waals surface area contributed by atoms with Crippen LogP contribution in [-0.4, -0.2) is 34.1 Å². The molecule has 0 aromatic heterocycles. The Morgan fingerprint density at radius 1 is 1.45 bits per heavy atom. The Labute approximate surface area is 116 Å². The number of urea groups is 1. The standard InChI is InChI=1S/C14H17FN2O3/c1-9-4-5-10(15)11(8-9)16-13(20)17-7-3-6-14(17,2)12(18)19/h4-5,8H,3,6-7H2,1-2H3,(H,16,20)(H,18,19). The molecule has 2 amide bonds. The maximum Gasteiger partial charge on any atom is 0.329 e. The van der Waals surface area contributed by atoms with Crippen LogP contribution in [0.3, 0.4) is 0 Å². The van der Waals surface area contributed by atoms with Crippen LogP contribution in [0.15, 0.2) is 18.2 Å². The maximum atomic E-state index is 13.6. The number of carbonyl (C=O) groups is 2. The summed E-state index contributed by atoms with van der Waals surface area (Å²) in [6.45, 7) is 3.64. The molecule has 0 radical (unpaired) electrons. The fourth-order valence-corrected chi connectivity index (χ4v) is 2.43. The van der Waals surface area contributed by atoms with E-state index in [1.165, 1.54) is 24.0 Å². The van der Waals surface area contributed by atoms with E-state index in [2.05, 4.69) is 5.32 Å². The molecule has 0 spiro atoms. The number of carboxylic acids is 1. The van der Waals surface area contributed by atoms with Crippen molar-refractivity contribution in [2.45, 2.75) is 32.2 Å². The first kappa shape index (κ1) is 14.3. The highest BCUT2D eigenvalue weighted by Crippen LogP contribution is 2.30. The van der Waals surface area contributed by atoms with Crippen molar-refractivity contribution < 1.29 is 19.1 Å². The number of carboxylic acid groups (broad SMARTS) is 1. The Hall–Kier alpha value is -2.11. The van der Waals surface area contributed by atoms with Crippen LogP contribution >= 0.6 is 0 Å². The molecule has 108 valence electrons. The van der Waals surface area contributed by atoms with E-state index < -0.39 is 23.4 Å². The van der Waals surface area contributed by atoms with Gasteiger partial charge in [0.05, 0.1) is 5.69 Å². The van der Waals surface area contributed by atoms with Gasteiger partial charge in [-0.15, -0.1) is 0 Å². The fourth-order valence-electron chi connectivity index (χ4n) is 2.43. The van der Waals surface area contributed by atoms with Gasteiger partial charge in [0.1, 0.15) is 11.4 Å². The molecule has 5 nitrogen and oxygen atoms in total. The zero-order chi connectivity index (χ0) is 14.9. The van der Waals surface area contributed by atoms with Gasteiger partial charge in [0.15, 0.2) is 0 Å². The lowest BCUT2D eigenvalue weighted by molar-refractivity contribution is -0.146. The van der Waals surface area contributed by atoms with Crippen LogP contribution in [0.25, 0.3) is 0 Å². The first-order valence-electron chi connectivity index (χ1n) is 6.43. The largest absolute Gasteiger partial charge is 0.480 e. The number of aliphatic carboxylic acids is 1. The predicted molar refractivity (Wildman–Crippen MR) is 72.1 cm³/mol. The summed E-state index contributed by atoms with van der Waals surface area (Å²) in [5, 5.41) is 11.7. The number of rotatable bonds is 2. The summed E-state index contributed by atoms with van der Waals surface area (Å²) in [7, 11) is 0. The number of anilines is 1. The Balaban J connectivity index is 2.20. The monoisotopic (exact) mass is 280 g/mol. The molecule has 1 heterocycles. The van der Waals surface area contributed by atoms with E-state index in [1.54, 1.807) is 13.0 Å². The lowest BCUT2D eigenvalue weighted by Gasteiger charge is -2.31. The molecule has 1 saturated heterocycles. The summed E-state index contributed by atoms with van der Waals surface area (Å²) < 4.78 is 13.6. The van der Waals surface area contributed by atoms with E-state index in [4.69, 9.17) is 0 Å². The number of hydrogen-bond donors (Lipinski definition) is 2. The van der Waals surface area contributed by atoms with Crippen molar-refractivity contribution in [3.05, 3.63) is 29.6 Å². The number of nitrogens with one attached hydrogen (secondary N) is 1. The molecule has 1 unspecified atom stereocenters. The van der Waals surface area contributed by atoms with Crippen molar-refractivity contribution in [2.75, 3.05) is 11.9 Å². The molecule has 0 saturated carbocycles. The molecule has 2 rings (SSSR count). The lowest BCUT2D eigenvalue weighted by atomic mass is 10.00. The fraction of sp³-hybridized carbons (Fsp3) is 0.429. The number of aryl methyl sites for hydroxylation is 1. The summed E-state index contributed by atoms with van der Waals surface area (Å²) in [6.07, 6.45) is 1.01. The van der Waals surface area contributed by atoms with Gasteiger partial charge in [-0.1, -0.05) is 6.07 Å². The Morgan fingerprint density at radius 2 is 2.15 bits per heavy atom. The van der Waals surface area contributed by atoms with Crippen LogP contribution in [0.4, 0.5) is 14.9 Å². The topological polar surface area (TPSA) is 69.6 Å². The summed E-state index contributed by atoms with van der Waals surface area (Å²) in [6, 6.07) is 3.80. The second-order valence-corrected chi connectivity index (χ2v) is 5.25. The van der Waals surface area contributed by atoms with Gasteiger partial charge < -0.3 is 15.3 Å². The molecular weight excluding hydrogens is 263 g/mol. The van der Waals surface area contributed by atoms with E-state index in [0.717, 1.165) is 5.56 Å². The summed E-state index contributed by atoms with van der Waals surface area (Å²) in [5.41, 5.74) is -0.358. The van der Waals surface area contributed by atoms with Crippen LogP contribution in [0.2, 0.25) is 0 Å². The van der Waals surface area contributed by atoms with E-state index >= 15 is 0 Å². The molecule has 1 atom stereocenters. The second kappa shape index (κ2) is 5.11. The van der Waals surface area contributed by atoms with Crippen LogP contribution in [-0.2, 0) is 4.79 Å². The van der Waals surface area contributed by atoms with Gasteiger partial charge in [0, 0.05) is 6.54 Å². The molecule has 1 aliphatic heterocycles. The van der Waals surface area contributed by atoms with E-state index in [0.29, 0.717) is 19.4 Å². The van der Waals surface area contributed by atoms with Gasteiger partial charge >= 0.3 is 12.0 Å². The third kappa shape index (κ3) is 2.45. The molecule has 0 bridgehead atoms. The van der Waals surface area contributed by atoms with Crippen molar-refractivity contribution in [1.29, 1.82) is 0 Å². The van der Waals surface area contributed by atoms with Crippen LogP contribution in [0.5, 0.6) is 0 Å². The number of carbonyl (C=O) groups excluding carboxylic acids is 1. The number of amides is 2. The minimum atomic E-state index is -1.23. The van der Waals surface area contributed by atoms with E-state index in [-0.39, 0.29) is 5.69 Å². The molecular formula is C14H17FN2O3. The van der Waals surface area contributed by atoms with Gasteiger partial charge in [-0.25, -0.2) is 14.0 Å². The molecule has 20 heavy (non-hydrogen) atoms. The number of nitrogens with zero attached hydrogens (tertiary/aromatic N) is 1. The molecule has 1 fully saturated rings. The molecule has 1 aromatic rings. The van der Waals surface area contributed by atoms with Crippen LogP contribution in [0, 0.1) is 12.7 Å². The number of likely N-dealkylation sites (tertiary alicyclic amines) is 1.